The molecule has 0 bridgehead atoms. The van der Waals surface area contributed by atoms with Gasteiger partial charge in [0.2, 0.25) is 5.95 Å². The van der Waals surface area contributed by atoms with Gasteiger partial charge in [0.25, 0.3) is 0 Å². The Balaban J connectivity index is 1.64. The Morgan fingerprint density at radius 2 is 1.81 bits per heavy atom. The Hall–Kier alpha value is -2.69. The van der Waals surface area contributed by atoms with Crippen LogP contribution in [0.1, 0.15) is 23.6 Å². The summed E-state index contributed by atoms with van der Waals surface area (Å²) < 4.78 is 1.74. The first-order valence-electron chi connectivity index (χ1n) is 7.10. The molecular weight excluding hydrogens is 262 g/mol. The number of hydrogen-bond acceptors (Lipinski definition) is 4. The van der Waals surface area contributed by atoms with Gasteiger partial charge in [-0.15, -0.1) is 0 Å². The zero-order valence-electron chi connectivity index (χ0n) is 11.5. The van der Waals surface area contributed by atoms with Crippen molar-refractivity contribution in [2.45, 2.75) is 18.9 Å². The van der Waals surface area contributed by atoms with Gasteiger partial charge >= 0.3 is 0 Å². The molecule has 2 aromatic carbocycles. The van der Waals surface area contributed by atoms with Crippen LogP contribution >= 0.6 is 0 Å². The van der Waals surface area contributed by atoms with Gasteiger partial charge in [0.1, 0.15) is 0 Å². The van der Waals surface area contributed by atoms with Crippen LogP contribution in [0.2, 0.25) is 0 Å². The average molecular weight is 277 g/mol. The monoisotopic (exact) mass is 277 g/mol. The highest BCUT2D eigenvalue weighted by Gasteiger charge is 2.23. The zero-order valence-corrected chi connectivity index (χ0v) is 11.5. The second-order valence-corrected chi connectivity index (χ2v) is 5.18. The molecule has 1 atom stereocenters. The maximum atomic E-state index is 4.12. The van der Waals surface area contributed by atoms with Gasteiger partial charge in [-0.25, -0.2) is 0 Å². The normalized spacial score (nSPS) is 16.7. The Kier molecular flexibility index (Phi) is 2.88. The van der Waals surface area contributed by atoms with Gasteiger partial charge in [-0.3, -0.25) is 0 Å². The fourth-order valence-electron chi connectivity index (χ4n) is 2.88. The van der Waals surface area contributed by atoms with Gasteiger partial charge in [-0.2, -0.15) is 4.68 Å². The third-order valence-corrected chi connectivity index (χ3v) is 3.91. The largest absolute Gasteiger partial charge is 0.346 e. The summed E-state index contributed by atoms with van der Waals surface area (Å²) in [4.78, 5) is 0. The Labute approximate surface area is 122 Å². The van der Waals surface area contributed by atoms with Crippen molar-refractivity contribution in [2.75, 3.05) is 5.32 Å². The van der Waals surface area contributed by atoms with Crippen LogP contribution in [0.5, 0.6) is 0 Å². The van der Waals surface area contributed by atoms with Crippen LogP contribution in [0, 0.1) is 0 Å². The molecule has 0 saturated carbocycles. The lowest BCUT2D eigenvalue weighted by Crippen LogP contribution is -2.12. The zero-order chi connectivity index (χ0) is 14.1. The van der Waals surface area contributed by atoms with Crippen LogP contribution in [0.4, 0.5) is 5.95 Å². The lowest BCUT2D eigenvalue weighted by molar-refractivity contribution is 0.737. The molecule has 4 rings (SSSR count). The SMILES string of the molecule is c1ccc(-n2nnnc2N[C@H]2CCc3ccccc32)cc1. The molecule has 0 unspecified atom stereocenters. The summed E-state index contributed by atoms with van der Waals surface area (Å²) in [6.07, 6.45) is 2.17. The van der Waals surface area contributed by atoms with Crippen LogP contribution in [0.15, 0.2) is 54.6 Å². The van der Waals surface area contributed by atoms with Crippen LogP contribution in [-0.4, -0.2) is 20.2 Å². The molecule has 5 nitrogen and oxygen atoms in total. The lowest BCUT2D eigenvalue weighted by Gasteiger charge is -2.14. The molecule has 21 heavy (non-hydrogen) atoms. The molecule has 0 amide bonds. The van der Waals surface area contributed by atoms with Gasteiger partial charge in [0, 0.05) is 0 Å². The van der Waals surface area contributed by atoms with E-state index in [0.717, 1.165) is 18.5 Å². The second-order valence-electron chi connectivity index (χ2n) is 5.18. The van der Waals surface area contributed by atoms with E-state index in [4.69, 9.17) is 0 Å². The number of aromatic nitrogens is 4. The minimum atomic E-state index is 0.273. The van der Waals surface area contributed by atoms with Crippen molar-refractivity contribution in [1.82, 2.24) is 20.2 Å². The molecule has 3 aromatic rings. The minimum absolute atomic E-state index is 0.273. The minimum Gasteiger partial charge on any atom is -0.346 e. The number of aryl methyl sites for hydroxylation is 1. The number of anilines is 1. The van der Waals surface area contributed by atoms with Crippen molar-refractivity contribution < 1.29 is 0 Å². The fourth-order valence-corrected chi connectivity index (χ4v) is 2.88. The van der Waals surface area contributed by atoms with E-state index < -0.39 is 0 Å². The van der Waals surface area contributed by atoms with Gasteiger partial charge < -0.3 is 5.32 Å². The molecule has 1 heterocycles. The van der Waals surface area contributed by atoms with E-state index in [-0.39, 0.29) is 6.04 Å². The number of benzene rings is 2. The number of rotatable bonds is 3. The number of tetrazole rings is 1. The number of fused-ring (bicyclic) bond motifs is 1. The molecule has 104 valence electrons. The van der Waals surface area contributed by atoms with E-state index >= 15 is 0 Å². The van der Waals surface area contributed by atoms with Crippen LogP contribution in [0.25, 0.3) is 5.69 Å². The summed E-state index contributed by atoms with van der Waals surface area (Å²) in [6, 6.07) is 18.7. The first-order valence-corrected chi connectivity index (χ1v) is 7.10. The molecule has 0 aliphatic heterocycles. The van der Waals surface area contributed by atoms with Gasteiger partial charge in [-0.05, 0) is 46.5 Å². The van der Waals surface area contributed by atoms with E-state index in [1.165, 1.54) is 11.1 Å². The smallest absolute Gasteiger partial charge is 0.248 e. The molecule has 0 fully saturated rings. The summed E-state index contributed by atoms with van der Waals surface area (Å²) in [5.74, 6) is 0.683. The van der Waals surface area contributed by atoms with Gasteiger partial charge in [0.15, 0.2) is 0 Å². The Morgan fingerprint density at radius 3 is 2.71 bits per heavy atom. The quantitative estimate of drug-likeness (QED) is 0.799. The van der Waals surface area contributed by atoms with Gasteiger partial charge in [-0.1, -0.05) is 47.6 Å². The van der Waals surface area contributed by atoms with Crippen molar-refractivity contribution in [2.24, 2.45) is 0 Å². The summed E-state index contributed by atoms with van der Waals surface area (Å²) in [5.41, 5.74) is 3.71. The molecule has 1 N–H and O–H groups in total. The summed E-state index contributed by atoms with van der Waals surface area (Å²) in [5, 5.41) is 15.5. The predicted octanol–water partition coefficient (Wildman–Crippen LogP) is 2.76. The third-order valence-electron chi connectivity index (χ3n) is 3.91. The number of hydrogen-bond donors (Lipinski definition) is 1. The van der Waals surface area contributed by atoms with Crippen molar-refractivity contribution >= 4 is 5.95 Å². The highest BCUT2D eigenvalue weighted by Crippen LogP contribution is 2.33. The maximum absolute atomic E-state index is 4.12. The Bertz CT molecular complexity index is 750. The summed E-state index contributed by atoms with van der Waals surface area (Å²) >= 11 is 0. The highest BCUT2D eigenvalue weighted by molar-refractivity contribution is 5.43. The van der Waals surface area contributed by atoms with Crippen LogP contribution in [-0.2, 0) is 6.42 Å². The fraction of sp³-hybridized carbons (Fsp3) is 0.188. The average Bonchev–Trinajstić information content (AvgIpc) is 3.16. The number of nitrogens with zero attached hydrogens (tertiary/aromatic N) is 4. The van der Waals surface area contributed by atoms with Crippen molar-refractivity contribution in [3.63, 3.8) is 0 Å². The molecule has 0 saturated heterocycles. The second kappa shape index (κ2) is 5.01. The standard InChI is InChI=1S/C16H15N5/c1-2-7-13(8-3-1)21-16(18-19-20-21)17-15-11-10-12-6-4-5-9-14(12)15/h1-9,15H,10-11H2,(H,17,18,20)/t15-/m0/s1. The maximum Gasteiger partial charge on any atom is 0.248 e. The van der Waals surface area contributed by atoms with E-state index in [1.54, 1.807) is 4.68 Å². The summed E-state index contributed by atoms with van der Waals surface area (Å²) in [7, 11) is 0. The topological polar surface area (TPSA) is 55.6 Å². The van der Waals surface area contributed by atoms with Crippen molar-refractivity contribution in [1.29, 1.82) is 0 Å². The van der Waals surface area contributed by atoms with Crippen molar-refractivity contribution in [3.8, 4) is 5.69 Å². The highest BCUT2D eigenvalue weighted by atomic mass is 15.6. The molecule has 0 spiro atoms. The van der Waals surface area contributed by atoms with Crippen LogP contribution in [0.3, 0.4) is 0 Å². The first kappa shape index (κ1) is 12.1. The van der Waals surface area contributed by atoms with Crippen LogP contribution < -0.4 is 5.32 Å². The van der Waals surface area contributed by atoms with Gasteiger partial charge in [0.05, 0.1) is 11.7 Å². The third kappa shape index (κ3) is 2.16. The molecule has 0 radical (unpaired) electrons. The lowest BCUT2D eigenvalue weighted by atomic mass is 10.1. The molecular formula is C16H15N5. The van der Waals surface area contributed by atoms with E-state index in [9.17, 15) is 0 Å². The first-order chi connectivity index (χ1) is 10.4. The van der Waals surface area contributed by atoms with E-state index in [0.29, 0.717) is 5.95 Å². The Morgan fingerprint density at radius 1 is 1.00 bits per heavy atom. The van der Waals surface area contributed by atoms with Crippen molar-refractivity contribution in [3.05, 3.63) is 65.7 Å². The molecule has 1 aliphatic rings. The van der Waals surface area contributed by atoms with E-state index in [2.05, 4.69) is 45.1 Å². The van der Waals surface area contributed by atoms with E-state index in [1.807, 2.05) is 30.3 Å². The summed E-state index contributed by atoms with van der Waals surface area (Å²) in [6.45, 7) is 0. The molecule has 5 heteroatoms. The number of nitrogens with one attached hydrogen (secondary N) is 1. The predicted molar refractivity (Wildman–Crippen MR) is 80.3 cm³/mol. The number of para-hydroxylation sites is 1. The molecule has 1 aliphatic carbocycles. The molecule has 1 aromatic heterocycles.